The van der Waals surface area contributed by atoms with E-state index in [1.807, 2.05) is 0 Å². The molecule has 6 nitrogen and oxygen atoms in total. The van der Waals surface area contributed by atoms with E-state index in [0.717, 1.165) is 25.5 Å². The zero-order valence-electron chi connectivity index (χ0n) is 13.6. The Bertz CT molecular complexity index is 803. The lowest BCUT2D eigenvalue weighted by atomic mass is 9.95. The molecule has 2 bridgehead atoms. The van der Waals surface area contributed by atoms with Crippen molar-refractivity contribution in [1.29, 1.82) is 0 Å². The van der Waals surface area contributed by atoms with Crippen molar-refractivity contribution in [2.45, 2.75) is 43.6 Å². The Morgan fingerprint density at radius 1 is 1.23 bits per heavy atom. The molecular weight excluding hydrogens is 349 g/mol. The van der Waals surface area contributed by atoms with Crippen LogP contribution >= 0.6 is 0 Å². The number of amides is 1. The minimum atomic E-state index is -4.56. The number of carbonyl (C=O) groups excluding carboxylic acids is 1. The second kappa shape index (κ2) is 6.31. The summed E-state index contributed by atoms with van der Waals surface area (Å²) in [7, 11) is 0. The number of hydrogen-bond donors (Lipinski definition) is 3. The van der Waals surface area contributed by atoms with Gasteiger partial charge in [-0.05, 0) is 43.5 Å². The molecule has 3 heterocycles. The van der Waals surface area contributed by atoms with Gasteiger partial charge in [0, 0.05) is 23.7 Å². The molecule has 3 atom stereocenters. The molecule has 0 unspecified atom stereocenters. The average Bonchev–Trinajstić information content (AvgIpc) is 3.31. The summed E-state index contributed by atoms with van der Waals surface area (Å²) >= 11 is 0. The van der Waals surface area contributed by atoms with Crippen molar-refractivity contribution < 1.29 is 22.7 Å². The monoisotopic (exact) mass is 366 g/mol. The molecule has 2 aliphatic rings. The molecule has 138 valence electrons. The fourth-order valence-corrected chi connectivity index (χ4v) is 3.54. The van der Waals surface area contributed by atoms with Gasteiger partial charge < -0.3 is 20.4 Å². The minimum Gasteiger partial charge on any atom is -0.439 e. The van der Waals surface area contributed by atoms with Crippen LogP contribution in [0.2, 0.25) is 0 Å². The van der Waals surface area contributed by atoms with E-state index in [1.54, 1.807) is 12.1 Å². The highest BCUT2D eigenvalue weighted by molar-refractivity contribution is 5.94. The van der Waals surface area contributed by atoms with Gasteiger partial charge in [0.2, 0.25) is 11.7 Å². The van der Waals surface area contributed by atoms with Gasteiger partial charge in [0.15, 0.2) is 0 Å². The number of hydrogen-bond acceptors (Lipinski definition) is 4. The van der Waals surface area contributed by atoms with Crippen LogP contribution in [0.15, 0.2) is 30.5 Å². The lowest BCUT2D eigenvalue weighted by Crippen LogP contribution is -2.42. The zero-order chi connectivity index (χ0) is 18.3. The maximum absolute atomic E-state index is 12.5. The number of rotatable bonds is 4. The van der Waals surface area contributed by atoms with Crippen molar-refractivity contribution in [3.05, 3.63) is 41.9 Å². The number of aromatic amines is 1. The van der Waals surface area contributed by atoms with Gasteiger partial charge in [-0.3, -0.25) is 4.79 Å². The number of aromatic nitrogens is 2. The minimum absolute atomic E-state index is 0.123. The van der Waals surface area contributed by atoms with Crippen molar-refractivity contribution >= 4 is 5.91 Å². The molecule has 2 aromatic rings. The fourth-order valence-electron chi connectivity index (χ4n) is 3.54. The number of fused-ring (bicyclic) bond motifs is 2. The maximum atomic E-state index is 12.5. The second-order valence-corrected chi connectivity index (χ2v) is 6.58. The predicted octanol–water partition coefficient (Wildman–Crippen LogP) is 2.84. The number of halogens is 3. The number of carbonyl (C=O) groups is 1. The highest BCUT2D eigenvalue weighted by Gasteiger charge is 2.39. The summed E-state index contributed by atoms with van der Waals surface area (Å²) in [4.78, 5) is 17.6. The first-order valence-electron chi connectivity index (χ1n) is 8.35. The molecule has 0 radical (unpaired) electrons. The molecule has 1 aromatic heterocycles. The van der Waals surface area contributed by atoms with Crippen LogP contribution in [0.1, 0.15) is 35.4 Å². The molecule has 0 aliphatic carbocycles. The molecule has 0 spiro atoms. The Kier molecular flexibility index (Phi) is 4.10. The van der Waals surface area contributed by atoms with Gasteiger partial charge >= 0.3 is 6.18 Å². The highest BCUT2D eigenvalue weighted by atomic mass is 19.4. The van der Waals surface area contributed by atoms with Crippen molar-refractivity contribution in [2.75, 3.05) is 0 Å². The molecule has 9 heteroatoms. The van der Waals surface area contributed by atoms with Gasteiger partial charge in [-0.2, -0.15) is 13.2 Å². The summed E-state index contributed by atoms with van der Waals surface area (Å²) < 4.78 is 42.8. The number of imidazole rings is 1. The number of benzene rings is 1. The van der Waals surface area contributed by atoms with Gasteiger partial charge in [-0.15, -0.1) is 0 Å². The van der Waals surface area contributed by atoms with Crippen molar-refractivity contribution in [3.63, 3.8) is 0 Å². The number of ether oxygens (including phenoxy) is 1. The Morgan fingerprint density at radius 3 is 2.58 bits per heavy atom. The third-order valence-electron chi connectivity index (χ3n) is 4.78. The number of H-pyrrole nitrogens is 1. The largest absolute Gasteiger partial charge is 0.449 e. The van der Waals surface area contributed by atoms with Gasteiger partial charge in [-0.25, -0.2) is 4.98 Å². The van der Waals surface area contributed by atoms with Crippen LogP contribution in [0.3, 0.4) is 0 Å². The van der Waals surface area contributed by atoms with E-state index in [9.17, 15) is 18.0 Å². The Balaban J connectivity index is 1.37. The van der Waals surface area contributed by atoms with E-state index in [0.29, 0.717) is 23.4 Å². The average molecular weight is 366 g/mol. The third kappa shape index (κ3) is 3.39. The lowest BCUT2D eigenvalue weighted by Gasteiger charge is -2.21. The van der Waals surface area contributed by atoms with Crippen molar-refractivity contribution in [3.8, 4) is 11.6 Å². The first kappa shape index (κ1) is 16.9. The highest BCUT2D eigenvalue weighted by Crippen LogP contribution is 2.30. The van der Waals surface area contributed by atoms with Crippen LogP contribution in [-0.4, -0.2) is 34.0 Å². The van der Waals surface area contributed by atoms with Crippen molar-refractivity contribution in [2.24, 2.45) is 0 Å². The fraction of sp³-hybridized carbons (Fsp3) is 0.412. The molecule has 2 saturated heterocycles. The summed E-state index contributed by atoms with van der Waals surface area (Å²) in [5.74, 6) is -1.11. The second-order valence-electron chi connectivity index (χ2n) is 6.58. The van der Waals surface area contributed by atoms with Crippen molar-refractivity contribution in [1.82, 2.24) is 20.6 Å². The molecule has 2 aliphatic heterocycles. The quantitative estimate of drug-likeness (QED) is 0.778. The normalized spacial score (nSPS) is 24.7. The van der Waals surface area contributed by atoms with Crippen LogP contribution in [0.5, 0.6) is 11.6 Å². The molecule has 2 fully saturated rings. The summed E-state index contributed by atoms with van der Waals surface area (Å²) in [5, 5.41) is 6.49. The molecular formula is C17H17F3N4O2. The maximum Gasteiger partial charge on any atom is 0.449 e. The van der Waals surface area contributed by atoms with Gasteiger partial charge in [0.1, 0.15) is 5.75 Å². The lowest BCUT2D eigenvalue weighted by molar-refractivity contribution is -0.144. The van der Waals surface area contributed by atoms with E-state index in [4.69, 9.17) is 4.74 Å². The Labute approximate surface area is 147 Å². The summed E-state index contributed by atoms with van der Waals surface area (Å²) in [6.45, 7) is 0. The van der Waals surface area contributed by atoms with E-state index >= 15 is 0 Å². The first-order valence-corrected chi connectivity index (χ1v) is 8.35. The van der Waals surface area contributed by atoms with E-state index in [1.165, 1.54) is 12.1 Å². The smallest absolute Gasteiger partial charge is 0.439 e. The van der Waals surface area contributed by atoms with Crippen LogP contribution in [0.25, 0.3) is 0 Å². The predicted molar refractivity (Wildman–Crippen MR) is 85.9 cm³/mol. The summed E-state index contributed by atoms with van der Waals surface area (Å²) in [5.41, 5.74) is 0.473. The number of nitrogens with one attached hydrogen (secondary N) is 3. The Hall–Kier alpha value is -2.55. The van der Waals surface area contributed by atoms with E-state index in [-0.39, 0.29) is 17.8 Å². The van der Waals surface area contributed by atoms with E-state index in [2.05, 4.69) is 20.6 Å². The van der Waals surface area contributed by atoms with Gasteiger partial charge in [0.05, 0.1) is 6.20 Å². The molecule has 3 N–H and O–H groups in total. The zero-order valence-corrected chi connectivity index (χ0v) is 13.6. The van der Waals surface area contributed by atoms with E-state index < -0.39 is 12.0 Å². The number of nitrogens with zero attached hydrogens (tertiary/aromatic N) is 1. The van der Waals surface area contributed by atoms with Crippen LogP contribution in [0, 0.1) is 0 Å². The summed E-state index contributed by atoms with van der Waals surface area (Å²) in [6.07, 6.45) is -0.415. The molecule has 1 amide bonds. The first-order chi connectivity index (χ1) is 12.4. The molecule has 0 saturated carbocycles. The topological polar surface area (TPSA) is 79.0 Å². The Morgan fingerprint density at radius 2 is 2.00 bits per heavy atom. The van der Waals surface area contributed by atoms with Crippen LogP contribution in [-0.2, 0) is 6.18 Å². The molecule has 4 rings (SSSR count). The molecule has 26 heavy (non-hydrogen) atoms. The van der Waals surface area contributed by atoms with Crippen LogP contribution in [0.4, 0.5) is 13.2 Å². The number of alkyl halides is 3. The standard InChI is InChI=1S/C17H17F3N4O2/c18-17(19,20)16-21-8-14(24-16)26-11-4-1-9(2-5-11)15(25)23-13-7-10-3-6-12(13)22-10/h1-2,4-5,8,10,12-13,22H,3,6-7H2,(H,21,24)(H,23,25)/t10-,12+,13-/m1/s1. The van der Waals surface area contributed by atoms with Crippen LogP contribution < -0.4 is 15.4 Å². The van der Waals surface area contributed by atoms with Gasteiger partial charge in [-0.1, -0.05) is 0 Å². The molecule has 1 aromatic carbocycles. The SMILES string of the molecule is O=C(N[C@@H]1C[C@H]2CC[C@@H]1N2)c1ccc(Oc2cnc(C(F)(F)F)[nH]2)cc1. The summed E-state index contributed by atoms with van der Waals surface area (Å²) in [6, 6.07) is 7.19. The van der Waals surface area contributed by atoms with Gasteiger partial charge in [0.25, 0.3) is 5.91 Å². The third-order valence-corrected chi connectivity index (χ3v) is 4.78.